The Morgan fingerprint density at radius 1 is 1.10 bits per heavy atom. The molecule has 0 spiro atoms. The van der Waals surface area contributed by atoms with Crippen LogP contribution in [0.15, 0.2) is 24.3 Å². The van der Waals surface area contributed by atoms with E-state index < -0.39 is 0 Å². The Morgan fingerprint density at radius 3 is 2.19 bits per heavy atom. The molecule has 4 heteroatoms. The van der Waals surface area contributed by atoms with Crippen molar-refractivity contribution in [3.8, 4) is 0 Å². The monoisotopic (exact) mass is 288 g/mol. The number of nitrogens with two attached hydrogens (primary N) is 1. The zero-order valence-electron chi connectivity index (χ0n) is 13.3. The highest BCUT2D eigenvalue weighted by Gasteiger charge is 2.32. The minimum Gasteiger partial charge on any atom is -0.378 e. The van der Waals surface area contributed by atoms with E-state index >= 15 is 0 Å². The van der Waals surface area contributed by atoms with Gasteiger partial charge in [0, 0.05) is 64.6 Å². The van der Waals surface area contributed by atoms with Gasteiger partial charge in [0.25, 0.3) is 0 Å². The molecule has 2 N–H and O–H groups in total. The van der Waals surface area contributed by atoms with Gasteiger partial charge in [0.15, 0.2) is 0 Å². The predicted octanol–water partition coefficient (Wildman–Crippen LogP) is 1.53. The normalized spacial score (nSPS) is 22.2. The van der Waals surface area contributed by atoms with E-state index in [0.717, 1.165) is 19.1 Å². The van der Waals surface area contributed by atoms with E-state index in [1.165, 1.54) is 37.2 Å². The van der Waals surface area contributed by atoms with E-state index in [9.17, 15) is 0 Å². The van der Waals surface area contributed by atoms with Gasteiger partial charge in [0.2, 0.25) is 0 Å². The molecule has 1 aromatic rings. The third-order valence-electron chi connectivity index (χ3n) is 4.87. The SMILES string of the molecule is CN(C)c1ccc(C(CN)N2CCN(C3CC3)CC2)cc1. The summed E-state index contributed by atoms with van der Waals surface area (Å²) in [5.41, 5.74) is 8.67. The van der Waals surface area contributed by atoms with Gasteiger partial charge in [0.05, 0.1) is 0 Å². The molecular formula is C17H28N4. The van der Waals surface area contributed by atoms with E-state index in [1.54, 1.807) is 0 Å². The van der Waals surface area contributed by atoms with Crippen LogP contribution in [0.5, 0.6) is 0 Å². The van der Waals surface area contributed by atoms with Gasteiger partial charge < -0.3 is 10.6 Å². The summed E-state index contributed by atoms with van der Waals surface area (Å²) in [6.45, 7) is 5.40. The van der Waals surface area contributed by atoms with Crippen molar-refractivity contribution in [2.45, 2.75) is 24.9 Å². The van der Waals surface area contributed by atoms with Crippen molar-refractivity contribution >= 4 is 5.69 Å². The summed E-state index contributed by atoms with van der Waals surface area (Å²) in [6.07, 6.45) is 2.82. The lowest BCUT2D eigenvalue weighted by molar-refractivity contribution is 0.0938. The summed E-state index contributed by atoms with van der Waals surface area (Å²) in [5.74, 6) is 0. The van der Waals surface area contributed by atoms with Crippen LogP contribution in [0.2, 0.25) is 0 Å². The lowest BCUT2D eigenvalue weighted by Crippen LogP contribution is -2.49. The molecule has 21 heavy (non-hydrogen) atoms. The topological polar surface area (TPSA) is 35.7 Å². The third-order valence-corrected chi connectivity index (χ3v) is 4.87. The molecule has 2 aliphatic rings. The molecule has 2 fully saturated rings. The van der Waals surface area contributed by atoms with Crippen LogP contribution in [0, 0.1) is 0 Å². The number of hydrogen-bond donors (Lipinski definition) is 1. The lowest BCUT2D eigenvalue weighted by atomic mass is 10.0. The van der Waals surface area contributed by atoms with Crippen LogP contribution in [-0.2, 0) is 0 Å². The highest BCUT2D eigenvalue weighted by atomic mass is 15.3. The molecule has 4 nitrogen and oxygen atoms in total. The van der Waals surface area contributed by atoms with Crippen molar-refractivity contribution in [1.82, 2.24) is 9.80 Å². The van der Waals surface area contributed by atoms with Crippen LogP contribution >= 0.6 is 0 Å². The molecule has 0 bridgehead atoms. The van der Waals surface area contributed by atoms with Crippen LogP contribution in [-0.4, -0.2) is 62.7 Å². The number of anilines is 1. The fraction of sp³-hybridized carbons (Fsp3) is 0.647. The molecule has 0 amide bonds. The van der Waals surface area contributed by atoms with Gasteiger partial charge in [0.1, 0.15) is 0 Å². The maximum Gasteiger partial charge on any atom is 0.0471 e. The fourth-order valence-electron chi connectivity index (χ4n) is 3.34. The minimum atomic E-state index is 0.363. The zero-order chi connectivity index (χ0) is 14.8. The molecule has 0 aromatic heterocycles. The Morgan fingerprint density at radius 2 is 1.71 bits per heavy atom. The maximum absolute atomic E-state index is 6.07. The largest absolute Gasteiger partial charge is 0.378 e. The van der Waals surface area contributed by atoms with Crippen molar-refractivity contribution in [2.24, 2.45) is 5.73 Å². The Labute approximate surface area is 128 Å². The number of nitrogens with zero attached hydrogens (tertiary/aromatic N) is 3. The van der Waals surface area contributed by atoms with Gasteiger partial charge in [-0.15, -0.1) is 0 Å². The number of rotatable bonds is 5. The second-order valence-corrected chi connectivity index (χ2v) is 6.54. The van der Waals surface area contributed by atoms with Crippen molar-refractivity contribution in [3.05, 3.63) is 29.8 Å². The molecule has 116 valence electrons. The first-order chi connectivity index (χ1) is 10.2. The van der Waals surface area contributed by atoms with Gasteiger partial charge in [-0.25, -0.2) is 0 Å². The molecule has 1 aromatic carbocycles. The Kier molecular flexibility index (Phi) is 4.48. The molecule has 1 saturated carbocycles. The minimum absolute atomic E-state index is 0.363. The molecule has 1 aliphatic heterocycles. The van der Waals surface area contributed by atoms with Crippen LogP contribution in [0.3, 0.4) is 0 Å². The van der Waals surface area contributed by atoms with E-state index in [2.05, 4.69) is 53.1 Å². The summed E-state index contributed by atoms with van der Waals surface area (Å²) in [6, 6.07) is 10.1. The average Bonchev–Trinajstić information content (AvgIpc) is 3.34. The first-order valence-corrected chi connectivity index (χ1v) is 8.14. The predicted molar refractivity (Wildman–Crippen MR) is 88.7 cm³/mol. The molecule has 1 heterocycles. The summed E-state index contributed by atoms with van der Waals surface area (Å²) in [4.78, 5) is 7.35. The molecule has 3 rings (SSSR count). The van der Waals surface area contributed by atoms with Crippen molar-refractivity contribution in [2.75, 3.05) is 51.7 Å². The molecule has 1 aliphatic carbocycles. The number of piperazine rings is 1. The van der Waals surface area contributed by atoms with Crippen molar-refractivity contribution in [3.63, 3.8) is 0 Å². The van der Waals surface area contributed by atoms with Gasteiger partial charge in [-0.2, -0.15) is 0 Å². The van der Waals surface area contributed by atoms with Crippen molar-refractivity contribution in [1.29, 1.82) is 0 Å². The standard InChI is InChI=1S/C17H28N4/c1-19(2)15-5-3-14(4-6-15)17(13-18)21-11-9-20(10-12-21)16-7-8-16/h3-6,16-17H,7-13,18H2,1-2H3. The molecule has 1 unspecified atom stereocenters. The summed E-state index contributed by atoms with van der Waals surface area (Å²) >= 11 is 0. The molecular weight excluding hydrogens is 260 g/mol. The zero-order valence-corrected chi connectivity index (χ0v) is 13.3. The van der Waals surface area contributed by atoms with E-state index in [0.29, 0.717) is 12.6 Å². The van der Waals surface area contributed by atoms with E-state index in [1.807, 2.05) is 0 Å². The van der Waals surface area contributed by atoms with Gasteiger partial charge in [-0.1, -0.05) is 12.1 Å². The van der Waals surface area contributed by atoms with Crippen molar-refractivity contribution < 1.29 is 0 Å². The summed E-state index contributed by atoms with van der Waals surface area (Å²) in [5, 5.41) is 0. The van der Waals surface area contributed by atoms with Crippen LogP contribution < -0.4 is 10.6 Å². The van der Waals surface area contributed by atoms with Gasteiger partial charge in [-0.3, -0.25) is 9.80 Å². The average molecular weight is 288 g/mol. The van der Waals surface area contributed by atoms with E-state index in [-0.39, 0.29) is 0 Å². The summed E-state index contributed by atoms with van der Waals surface area (Å²) < 4.78 is 0. The number of hydrogen-bond acceptors (Lipinski definition) is 4. The quantitative estimate of drug-likeness (QED) is 0.891. The molecule has 1 saturated heterocycles. The fourth-order valence-corrected chi connectivity index (χ4v) is 3.34. The van der Waals surface area contributed by atoms with Gasteiger partial charge >= 0.3 is 0 Å². The lowest BCUT2D eigenvalue weighted by Gasteiger charge is -2.39. The Balaban J connectivity index is 1.64. The van der Waals surface area contributed by atoms with Crippen LogP contribution in [0.1, 0.15) is 24.4 Å². The molecule has 1 atom stereocenters. The number of benzene rings is 1. The first kappa shape index (κ1) is 14.8. The van der Waals surface area contributed by atoms with Crippen LogP contribution in [0.4, 0.5) is 5.69 Å². The highest BCUT2D eigenvalue weighted by Crippen LogP contribution is 2.29. The second-order valence-electron chi connectivity index (χ2n) is 6.54. The Bertz CT molecular complexity index is 444. The highest BCUT2D eigenvalue weighted by molar-refractivity contribution is 5.46. The second kappa shape index (κ2) is 6.34. The smallest absolute Gasteiger partial charge is 0.0471 e. The first-order valence-electron chi connectivity index (χ1n) is 8.14. The van der Waals surface area contributed by atoms with Crippen LogP contribution in [0.25, 0.3) is 0 Å². The molecule has 0 radical (unpaired) electrons. The maximum atomic E-state index is 6.07. The summed E-state index contributed by atoms with van der Waals surface area (Å²) in [7, 11) is 4.15. The van der Waals surface area contributed by atoms with Gasteiger partial charge in [-0.05, 0) is 30.5 Å². The Hall–Kier alpha value is -1.10. The van der Waals surface area contributed by atoms with E-state index in [4.69, 9.17) is 5.73 Å². The third kappa shape index (κ3) is 3.39.